The zero-order valence-electron chi connectivity index (χ0n) is 15.4. The van der Waals surface area contributed by atoms with Gasteiger partial charge in [0.05, 0.1) is 11.4 Å². The molecule has 0 aliphatic heterocycles. The minimum Gasteiger partial charge on any atom is -0.355 e. The molecule has 1 fully saturated rings. The quantitative estimate of drug-likeness (QED) is 0.638. The van der Waals surface area contributed by atoms with Gasteiger partial charge in [-0.1, -0.05) is 50.6 Å². The lowest BCUT2D eigenvalue weighted by molar-refractivity contribution is -0.121. The summed E-state index contributed by atoms with van der Waals surface area (Å²) in [7, 11) is -3.73. The second-order valence-electron chi connectivity index (χ2n) is 6.85. The third-order valence-corrected chi connectivity index (χ3v) is 6.97. The van der Waals surface area contributed by atoms with Crippen molar-refractivity contribution >= 4 is 27.5 Å². The van der Waals surface area contributed by atoms with E-state index in [9.17, 15) is 13.2 Å². The van der Waals surface area contributed by atoms with Gasteiger partial charge in [0.25, 0.3) is 0 Å². The molecule has 1 N–H and O–H groups in total. The lowest BCUT2D eigenvalue weighted by atomic mass is 9.95. The highest BCUT2D eigenvalue weighted by molar-refractivity contribution is 7.89. The fourth-order valence-electron chi connectivity index (χ4n) is 3.32. The number of rotatable bonds is 9. The summed E-state index contributed by atoms with van der Waals surface area (Å²) >= 11 is 5.88. The van der Waals surface area contributed by atoms with Crippen LogP contribution in [0.4, 0.5) is 0 Å². The van der Waals surface area contributed by atoms with Crippen molar-refractivity contribution in [2.24, 2.45) is 0 Å². The van der Waals surface area contributed by atoms with E-state index in [4.69, 9.17) is 11.6 Å². The van der Waals surface area contributed by atoms with E-state index in [1.807, 2.05) is 0 Å². The average Bonchev–Trinajstić information content (AvgIpc) is 2.64. The van der Waals surface area contributed by atoms with Gasteiger partial charge in [0.15, 0.2) is 0 Å². The molecule has 0 atom stereocenters. The van der Waals surface area contributed by atoms with Gasteiger partial charge in [-0.3, -0.25) is 4.79 Å². The molecule has 1 saturated carbocycles. The van der Waals surface area contributed by atoms with Gasteiger partial charge >= 0.3 is 0 Å². The van der Waals surface area contributed by atoms with Gasteiger partial charge < -0.3 is 5.32 Å². The van der Waals surface area contributed by atoms with Gasteiger partial charge in [0.1, 0.15) is 0 Å². The number of nitrogens with zero attached hydrogens (tertiary/aromatic N) is 1. The Morgan fingerprint density at radius 3 is 2.42 bits per heavy atom. The van der Waals surface area contributed by atoms with Crippen LogP contribution in [-0.4, -0.2) is 37.8 Å². The molecule has 1 aromatic rings. The Balaban J connectivity index is 2.14. The minimum absolute atomic E-state index is 0.120. The largest absolute Gasteiger partial charge is 0.355 e. The van der Waals surface area contributed by atoms with Gasteiger partial charge in [0, 0.05) is 17.6 Å². The third kappa shape index (κ3) is 5.96. The summed E-state index contributed by atoms with van der Waals surface area (Å²) in [5, 5.41) is 3.34. The summed E-state index contributed by atoms with van der Waals surface area (Å²) < 4.78 is 27.7. The predicted molar refractivity (Wildman–Crippen MR) is 105 cm³/mol. The van der Waals surface area contributed by atoms with Crippen molar-refractivity contribution in [2.75, 3.05) is 13.1 Å². The molecule has 0 spiro atoms. The highest BCUT2D eigenvalue weighted by Gasteiger charge is 2.33. The molecule has 0 saturated heterocycles. The summed E-state index contributed by atoms with van der Waals surface area (Å²) in [6, 6.07) is 6.03. The Morgan fingerprint density at radius 1 is 1.15 bits per heavy atom. The molecule has 26 heavy (non-hydrogen) atoms. The van der Waals surface area contributed by atoms with E-state index in [0.717, 1.165) is 51.4 Å². The van der Waals surface area contributed by atoms with Crippen LogP contribution in [0.5, 0.6) is 0 Å². The Kier molecular flexibility index (Phi) is 8.38. The van der Waals surface area contributed by atoms with E-state index in [1.54, 1.807) is 12.1 Å². The van der Waals surface area contributed by atoms with E-state index in [1.165, 1.54) is 16.4 Å². The first-order valence-corrected chi connectivity index (χ1v) is 11.3. The first-order chi connectivity index (χ1) is 12.4. The molecule has 1 aliphatic carbocycles. The Hall–Kier alpha value is -1.11. The van der Waals surface area contributed by atoms with E-state index < -0.39 is 10.0 Å². The summed E-state index contributed by atoms with van der Waals surface area (Å²) in [5.41, 5.74) is 0. The van der Waals surface area contributed by atoms with Crippen LogP contribution < -0.4 is 5.32 Å². The zero-order chi connectivity index (χ0) is 19.0. The molecule has 0 bridgehead atoms. The van der Waals surface area contributed by atoms with Crippen molar-refractivity contribution in [1.29, 1.82) is 0 Å². The van der Waals surface area contributed by atoms with E-state index in [2.05, 4.69) is 12.2 Å². The van der Waals surface area contributed by atoms with Crippen molar-refractivity contribution in [1.82, 2.24) is 9.62 Å². The fourth-order valence-corrected chi connectivity index (χ4v) is 5.09. The van der Waals surface area contributed by atoms with E-state index in [0.29, 0.717) is 11.6 Å². The van der Waals surface area contributed by atoms with Crippen molar-refractivity contribution in [3.63, 3.8) is 0 Å². The molecular formula is C19H29ClN2O3S. The summed E-state index contributed by atoms with van der Waals surface area (Å²) in [4.78, 5) is 12.5. The monoisotopic (exact) mass is 400 g/mol. The number of hydrogen-bond donors (Lipinski definition) is 1. The van der Waals surface area contributed by atoms with Gasteiger partial charge in [0.2, 0.25) is 15.9 Å². The van der Waals surface area contributed by atoms with Crippen molar-refractivity contribution in [2.45, 2.75) is 69.2 Å². The van der Waals surface area contributed by atoms with Crippen LogP contribution in [0.3, 0.4) is 0 Å². The summed E-state index contributed by atoms with van der Waals surface area (Å²) in [6.07, 6.45) is 7.76. The molecule has 1 amide bonds. The molecule has 5 nitrogen and oxygen atoms in total. The molecule has 1 aliphatic rings. The van der Waals surface area contributed by atoms with Crippen molar-refractivity contribution < 1.29 is 13.2 Å². The van der Waals surface area contributed by atoms with Crippen LogP contribution in [0.2, 0.25) is 5.02 Å². The first kappa shape index (κ1) is 21.2. The molecule has 0 heterocycles. The normalized spacial score (nSPS) is 16.0. The smallest absolute Gasteiger partial charge is 0.243 e. The number of nitrogens with one attached hydrogen (secondary N) is 1. The number of hydrogen-bond acceptors (Lipinski definition) is 3. The first-order valence-electron chi connectivity index (χ1n) is 9.49. The maximum Gasteiger partial charge on any atom is 0.243 e. The number of amides is 1. The van der Waals surface area contributed by atoms with Crippen LogP contribution in [0.15, 0.2) is 29.2 Å². The molecule has 0 aromatic heterocycles. The zero-order valence-corrected chi connectivity index (χ0v) is 17.0. The second kappa shape index (κ2) is 10.3. The third-order valence-electron chi connectivity index (χ3n) is 4.80. The predicted octanol–water partition coefficient (Wildman–Crippen LogP) is 3.97. The van der Waals surface area contributed by atoms with Crippen LogP contribution in [0.1, 0.15) is 58.3 Å². The average molecular weight is 401 g/mol. The van der Waals surface area contributed by atoms with Crippen LogP contribution in [0.25, 0.3) is 0 Å². The van der Waals surface area contributed by atoms with Crippen LogP contribution in [0, 0.1) is 0 Å². The SMILES string of the molecule is CCCCCNC(=O)CN(C1CCCCC1)S(=O)(=O)c1ccc(Cl)cc1. The minimum atomic E-state index is -3.73. The molecule has 0 radical (unpaired) electrons. The molecule has 146 valence electrons. The summed E-state index contributed by atoms with van der Waals surface area (Å²) in [5.74, 6) is -0.232. The van der Waals surface area contributed by atoms with Crippen molar-refractivity contribution in [3.05, 3.63) is 29.3 Å². The number of halogens is 1. The lowest BCUT2D eigenvalue weighted by Gasteiger charge is -2.33. The molecule has 2 rings (SSSR count). The molecule has 7 heteroatoms. The number of unbranched alkanes of at least 4 members (excludes halogenated alkanes) is 2. The number of benzene rings is 1. The highest BCUT2D eigenvalue weighted by atomic mass is 35.5. The maximum atomic E-state index is 13.2. The van der Waals surface area contributed by atoms with E-state index in [-0.39, 0.29) is 23.4 Å². The number of sulfonamides is 1. The highest BCUT2D eigenvalue weighted by Crippen LogP contribution is 2.28. The van der Waals surface area contributed by atoms with E-state index >= 15 is 0 Å². The fraction of sp³-hybridized carbons (Fsp3) is 0.632. The van der Waals surface area contributed by atoms with Gasteiger partial charge in [-0.15, -0.1) is 0 Å². The van der Waals surface area contributed by atoms with Crippen molar-refractivity contribution in [3.8, 4) is 0 Å². The maximum absolute atomic E-state index is 13.2. The molecule has 0 unspecified atom stereocenters. The van der Waals surface area contributed by atoms with Crippen LogP contribution in [-0.2, 0) is 14.8 Å². The number of carbonyl (C=O) groups is 1. The lowest BCUT2D eigenvalue weighted by Crippen LogP contribution is -2.47. The van der Waals surface area contributed by atoms with Gasteiger partial charge in [-0.25, -0.2) is 8.42 Å². The Bertz CT molecular complexity index is 671. The molecular weight excluding hydrogens is 372 g/mol. The van der Waals surface area contributed by atoms with Gasteiger partial charge in [-0.2, -0.15) is 4.31 Å². The summed E-state index contributed by atoms with van der Waals surface area (Å²) in [6.45, 7) is 2.57. The standard InChI is InChI=1S/C19H29ClN2O3S/c1-2-3-7-14-21-19(23)15-22(17-8-5-4-6-9-17)26(24,25)18-12-10-16(20)11-13-18/h10-13,17H,2-9,14-15H2,1H3,(H,21,23). The Morgan fingerprint density at radius 2 is 1.81 bits per heavy atom. The van der Waals surface area contributed by atoms with Crippen LogP contribution >= 0.6 is 11.6 Å². The molecule has 1 aromatic carbocycles. The topological polar surface area (TPSA) is 66.5 Å². The number of carbonyl (C=O) groups excluding carboxylic acids is 1. The van der Waals surface area contributed by atoms with Gasteiger partial charge in [-0.05, 0) is 43.5 Å². The second-order valence-corrected chi connectivity index (χ2v) is 9.18. The Labute approximate surface area is 162 Å².